The molecule has 368 valence electrons. The van der Waals surface area contributed by atoms with E-state index in [1.165, 1.54) is 173 Å². The van der Waals surface area contributed by atoms with E-state index in [0.717, 1.165) is 77.0 Å². The molecule has 0 saturated carbocycles. The van der Waals surface area contributed by atoms with E-state index in [9.17, 15) is 14.4 Å². The van der Waals surface area contributed by atoms with Gasteiger partial charge in [0.15, 0.2) is 6.10 Å². The first-order chi connectivity index (χ1) is 31.0. The summed E-state index contributed by atoms with van der Waals surface area (Å²) in [6.07, 6.45) is 61.2. The normalized spacial score (nSPS) is 12.2. The van der Waals surface area contributed by atoms with Crippen LogP contribution in [0.2, 0.25) is 0 Å². The van der Waals surface area contributed by atoms with Crippen molar-refractivity contribution in [3.05, 3.63) is 36.5 Å². The number of carbonyl (C=O) groups excluding carboxylic acids is 3. The van der Waals surface area contributed by atoms with Gasteiger partial charge in [-0.1, -0.05) is 231 Å². The van der Waals surface area contributed by atoms with Crippen LogP contribution in [-0.2, 0) is 28.6 Å². The van der Waals surface area contributed by atoms with Crippen LogP contribution in [0.3, 0.4) is 0 Å². The Morgan fingerprint density at radius 3 is 0.937 bits per heavy atom. The summed E-state index contributed by atoms with van der Waals surface area (Å²) in [5, 5.41) is 0. The Balaban J connectivity index is 4.37. The highest BCUT2D eigenvalue weighted by molar-refractivity contribution is 5.71. The molecule has 0 spiro atoms. The van der Waals surface area contributed by atoms with Crippen LogP contribution >= 0.6 is 0 Å². The molecule has 0 aliphatic carbocycles. The van der Waals surface area contributed by atoms with Crippen molar-refractivity contribution in [3.63, 3.8) is 0 Å². The standard InChI is InChI=1S/C57H104O6/c1-4-7-10-13-16-19-22-25-27-28-30-33-36-39-42-45-48-51-57(60)63-54(52-61-55(58)49-46-43-40-37-34-31-24-21-18-15-12-9-6-3)53-62-56(59)50-47-44-41-38-35-32-29-26-23-20-17-14-11-8-5-2/h16,19,21,24-25,27,54H,4-15,17-18,20,22-23,26,28-53H2,1-3H3/b19-16-,24-21-,27-25-/t54-/m1/s1. The van der Waals surface area contributed by atoms with Crippen LogP contribution in [0, 0.1) is 0 Å². The molecule has 0 heterocycles. The van der Waals surface area contributed by atoms with Crippen molar-refractivity contribution in [1.29, 1.82) is 0 Å². The second-order valence-corrected chi connectivity index (χ2v) is 18.5. The third kappa shape index (κ3) is 50.5. The maximum atomic E-state index is 12.8. The van der Waals surface area contributed by atoms with Crippen LogP contribution < -0.4 is 0 Å². The fraction of sp³-hybridized carbons (Fsp3) is 0.842. The number of ether oxygens (including phenoxy) is 3. The third-order valence-electron chi connectivity index (χ3n) is 12.1. The summed E-state index contributed by atoms with van der Waals surface area (Å²) in [6, 6.07) is 0. The Hall–Kier alpha value is -2.37. The first-order valence-corrected chi connectivity index (χ1v) is 27.5. The molecule has 0 amide bonds. The Kier molecular flexibility index (Phi) is 50.3. The van der Waals surface area contributed by atoms with Gasteiger partial charge in [-0.05, 0) is 77.0 Å². The Morgan fingerprint density at radius 1 is 0.317 bits per heavy atom. The van der Waals surface area contributed by atoms with Gasteiger partial charge in [-0.25, -0.2) is 0 Å². The van der Waals surface area contributed by atoms with Gasteiger partial charge in [0, 0.05) is 19.3 Å². The zero-order chi connectivity index (χ0) is 45.8. The van der Waals surface area contributed by atoms with Crippen molar-refractivity contribution >= 4 is 17.9 Å². The molecule has 0 bridgehead atoms. The molecular weight excluding hydrogens is 781 g/mol. The van der Waals surface area contributed by atoms with Gasteiger partial charge >= 0.3 is 17.9 Å². The van der Waals surface area contributed by atoms with Crippen molar-refractivity contribution < 1.29 is 28.6 Å². The number of hydrogen-bond acceptors (Lipinski definition) is 6. The molecule has 0 saturated heterocycles. The Labute approximate surface area is 391 Å². The van der Waals surface area contributed by atoms with Crippen molar-refractivity contribution in [1.82, 2.24) is 0 Å². The predicted molar refractivity (Wildman–Crippen MR) is 270 cm³/mol. The summed E-state index contributed by atoms with van der Waals surface area (Å²) in [5.74, 6) is -0.878. The zero-order valence-electron chi connectivity index (χ0n) is 42.1. The first kappa shape index (κ1) is 60.6. The number of carbonyl (C=O) groups is 3. The van der Waals surface area contributed by atoms with Crippen molar-refractivity contribution in [2.75, 3.05) is 13.2 Å². The fourth-order valence-corrected chi connectivity index (χ4v) is 7.94. The maximum Gasteiger partial charge on any atom is 0.306 e. The molecule has 0 aliphatic heterocycles. The number of allylic oxidation sites excluding steroid dienone is 6. The summed E-state index contributed by atoms with van der Waals surface area (Å²) < 4.78 is 16.8. The first-order valence-electron chi connectivity index (χ1n) is 27.5. The molecule has 6 heteroatoms. The summed E-state index contributed by atoms with van der Waals surface area (Å²) in [6.45, 7) is 6.62. The molecular formula is C57H104O6. The SMILES string of the molecule is CCCCC/C=C\C/C=C\CCCCCCCCCC(=O)O[C@H](COC(=O)CCCCCCC/C=C\CCCCCC)COC(=O)CCCCCCCCCCCCCCCCC. The summed E-state index contributed by atoms with van der Waals surface area (Å²) >= 11 is 0. The van der Waals surface area contributed by atoms with Gasteiger partial charge in [-0.2, -0.15) is 0 Å². The van der Waals surface area contributed by atoms with Crippen LogP contribution in [0.15, 0.2) is 36.5 Å². The largest absolute Gasteiger partial charge is 0.462 e. The summed E-state index contributed by atoms with van der Waals surface area (Å²) in [4.78, 5) is 38.0. The molecule has 0 radical (unpaired) electrons. The lowest BCUT2D eigenvalue weighted by molar-refractivity contribution is -0.167. The second-order valence-electron chi connectivity index (χ2n) is 18.5. The monoisotopic (exact) mass is 885 g/mol. The fourth-order valence-electron chi connectivity index (χ4n) is 7.94. The summed E-state index contributed by atoms with van der Waals surface area (Å²) in [5.41, 5.74) is 0. The topological polar surface area (TPSA) is 78.9 Å². The van der Waals surface area contributed by atoms with E-state index in [0.29, 0.717) is 19.3 Å². The zero-order valence-corrected chi connectivity index (χ0v) is 42.1. The molecule has 0 unspecified atom stereocenters. The number of esters is 3. The Bertz CT molecular complexity index is 1060. The van der Waals surface area contributed by atoms with E-state index in [1.54, 1.807) is 0 Å². The highest BCUT2D eigenvalue weighted by atomic mass is 16.6. The molecule has 0 N–H and O–H groups in total. The number of rotatable bonds is 50. The van der Waals surface area contributed by atoms with Crippen molar-refractivity contribution in [2.45, 2.75) is 297 Å². The van der Waals surface area contributed by atoms with Crippen LogP contribution in [-0.4, -0.2) is 37.2 Å². The van der Waals surface area contributed by atoms with Crippen LogP contribution in [0.5, 0.6) is 0 Å². The Morgan fingerprint density at radius 2 is 0.571 bits per heavy atom. The minimum Gasteiger partial charge on any atom is -0.462 e. The lowest BCUT2D eigenvalue weighted by atomic mass is 10.0. The smallest absolute Gasteiger partial charge is 0.306 e. The highest BCUT2D eigenvalue weighted by Crippen LogP contribution is 2.16. The lowest BCUT2D eigenvalue weighted by Crippen LogP contribution is -2.30. The average molecular weight is 885 g/mol. The molecule has 0 aromatic rings. The van der Waals surface area contributed by atoms with Gasteiger partial charge in [0.05, 0.1) is 0 Å². The molecule has 6 nitrogen and oxygen atoms in total. The van der Waals surface area contributed by atoms with E-state index < -0.39 is 6.10 Å². The van der Waals surface area contributed by atoms with E-state index in [4.69, 9.17) is 14.2 Å². The van der Waals surface area contributed by atoms with Gasteiger partial charge in [-0.15, -0.1) is 0 Å². The summed E-state index contributed by atoms with van der Waals surface area (Å²) in [7, 11) is 0. The van der Waals surface area contributed by atoms with Gasteiger partial charge in [0.2, 0.25) is 0 Å². The van der Waals surface area contributed by atoms with E-state index in [-0.39, 0.29) is 31.1 Å². The third-order valence-corrected chi connectivity index (χ3v) is 12.1. The van der Waals surface area contributed by atoms with Gasteiger partial charge in [0.25, 0.3) is 0 Å². The molecule has 0 rings (SSSR count). The van der Waals surface area contributed by atoms with Crippen molar-refractivity contribution in [3.8, 4) is 0 Å². The van der Waals surface area contributed by atoms with E-state index in [1.807, 2.05) is 0 Å². The number of unbranched alkanes of at least 4 members (excludes halogenated alkanes) is 33. The van der Waals surface area contributed by atoms with Crippen molar-refractivity contribution in [2.24, 2.45) is 0 Å². The molecule has 0 fully saturated rings. The van der Waals surface area contributed by atoms with Crippen LogP contribution in [0.25, 0.3) is 0 Å². The van der Waals surface area contributed by atoms with E-state index >= 15 is 0 Å². The number of hydrogen-bond donors (Lipinski definition) is 0. The second kappa shape index (κ2) is 52.3. The van der Waals surface area contributed by atoms with Gasteiger partial charge in [-0.3, -0.25) is 14.4 Å². The lowest BCUT2D eigenvalue weighted by Gasteiger charge is -2.18. The molecule has 0 aromatic carbocycles. The molecule has 1 atom stereocenters. The van der Waals surface area contributed by atoms with E-state index in [2.05, 4.69) is 57.2 Å². The minimum atomic E-state index is -0.776. The predicted octanol–water partition coefficient (Wildman–Crippen LogP) is 18.1. The minimum absolute atomic E-state index is 0.0747. The quantitative estimate of drug-likeness (QED) is 0.0262. The van der Waals surface area contributed by atoms with Crippen LogP contribution in [0.1, 0.15) is 290 Å². The highest BCUT2D eigenvalue weighted by Gasteiger charge is 2.19. The van der Waals surface area contributed by atoms with Gasteiger partial charge < -0.3 is 14.2 Å². The van der Waals surface area contributed by atoms with Crippen LogP contribution in [0.4, 0.5) is 0 Å². The molecule has 0 aromatic heterocycles. The maximum absolute atomic E-state index is 12.8. The molecule has 0 aliphatic rings. The van der Waals surface area contributed by atoms with Gasteiger partial charge in [0.1, 0.15) is 13.2 Å². The average Bonchev–Trinajstić information content (AvgIpc) is 3.28. The molecule has 63 heavy (non-hydrogen) atoms.